The van der Waals surface area contributed by atoms with Gasteiger partial charge in [0.05, 0.1) is 7.18 Å². The number of hydrogen-bond donors (Lipinski definition) is 0. The van der Waals surface area contributed by atoms with Crippen LogP contribution in [0.25, 0.3) is 0 Å². The molecule has 1 heteroatoms. The van der Waals surface area contributed by atoms with Crippen LogP contribution in [0.15, 0.2) is 0 Å². The minimum Gasteiger partial charge on any atom is -0.255 e. The van der Waals surface area contributed by atoms with Crippen LogP contribution >= 0.6 is 0 Å². The molecule has 0 rings (SSSR count). The predicted octanol–water partition coefficient (Wildman–Crippen LogP) is 3.81. The largest absolute Gasteiger partial charge is 0.255 e. The fourth-order valence-corrected chi connectivity index (χ4v) is 1.11. The summed E-state index contributed by atoms with van der Waals surface area (Å²) in [7, 11) is 0.500. The molecule has 0 nitrogen and oxygen atoms in total. The zero-order chi connectivity index (χ0) is 8.41. The van der Waals surface area contributed by atoms with Gasteiger partial charge in [-0.05, 0) is 5.92 Å². The van der Waals surface area contributed by atoms with Crippen molar-refractivity contribution < 1.29 is 4.39 Å². The first-order chi connectivity index (χ1) is 4.85. The first-order valence-electron chi connectivity index (χ1n) is 4.22. The van der Waals surface area contributed by atoms with Gasteiger partial charge < -0.3 is 0 Å². The summed E-state index contributed by atoms with van der Waals surface area (Å²) in [5, 5.41) is 0. The molecule has 0 bridgehead atoms. The highest BCUT2D eigenvalue weighted by Crippen LogP contribution is 2.13. The van der Waals surface area contributed by atoms with Crippen molar-refractivity contribution in [2.45, 2.75) is 46.5 Å². The molecule has 0 saturated heterocycles. The normalized spacial score (nSPS) is 9.00. The van der Waals surface area contributed by atoms with E-state index in [2.05, 4.69) is 20.8 Å². The molecule has 0 fully saturated rings. The van der Waals surface area contributed by atoms with Crippen LogP contribution in [0, 0.1) is 5.92 Å². The maximum Gasteiger partial charge on any atom is 0.0785 e. The van der Waals surface area contributed by atoms with Gasteiger partial charge in [-0.2, -0.15) is 0 Å². The molecule has 0 aromatic heterocycles. The summed E-state index contributed by atoms with van der Waals surface area (Å²) >= 11 is 0. The average molecular weight is 148 g/mol. The molecule has 64 valence electrons. The van der Waals surface area contributed by atoms with Gasteiger partial charge in [0, 0.05) is 0 Å². The van der Waals surface area contributed by atoms with E-state index in [-0.39, 0.29) is 0 Å². The van der Waals surface area contributed by atoms with Gasteiger partial charge in [-0.1, -0.05) is 46.5 Å². The van der Waals surface area contributed by atoms with Gasteiger partial charge >= 0.3 is 0 Å². The molecule has 0 heterocycles. The number of alkyl halides is 1. The second kappa shape index (κ2) is 11.7. The highest BCUT2D eigenvalue weighted by atomic mass is 19.1. The summed E-state index contributed by atoms with van der Waals surface area (Å²) in [5.74, 6) is 1.000. The third-order valence-electron chi connectivity index (χ3n) is 1.85. The van der Waals surface area contributed by atoms with Gasteiger partial charge in [-0.15, -0.1) is 0 Å². The molecule has 0 aromatic rings. The molecule has 10 heavy (non-hydrogen) atoms. The summed E-state index contributed by atoms with van der Waals surface area (Å²) in [6.07, 6.45) is 5.51. The number of hydrogen-bond acceptors (Lipinski definition) is 0. The summed E-state index contributed by atoms with van der Waals surface area (Å²) in [5.41, 5.74) is 0. The lowest BCUT2D eigenvalue weighted by molar-refractivity contribution is 0.451. The Labute approximate surface area is 64.8 Å². The number of rotatable bonds is 4. The van der Waals surface area contributed by atoms with Gasteiger partial charge in [-0.25, -0.2) is 0 Å². The zero-order valence-corrected chi connectivity index (χ0v) is 7.78. The monoisotopic (exact) mass is 148 g/mol. The maximum atomic E-state index is 9.50. The van der Waals surface area contributed by atoms with E-state index in [9.17, 15) is 4.39 Å². The van der Waals surface area contributed by atoms with Crippen molar-refractivity contribution in [3.8, 4) is 0 Å². The van der Waals surface area contributed by atoms with Gasteiger partial charge in [-0.3, -0.25) is 4.39 Å². The van der Waals surface area contributed by atoms with E-state index in [4.69, 9.17) is 0 Å². The molecule has 0 aliphatic rings. The highest BCUT2D eigenvalue weighted by Gasteiger charge is 1.98. The Morgan fingerprint density at radius 1 is 1.00 bits per heavy atom. The quantitative estimate of drug-likeness (QED) is 0.568. The van der Waals surface area contributed by atoms with Crippen LogP contribution in [0.5, 0.6) is 0 Å². The Bertz CT molecular complexity index is 40.0. The van der Waals surface area contributed by atoms with Crippen molar-refractivity contribution in [1.82, 2.24) is 0 Å². The van der Waals surface area contributed by atoms with Gasteiger partial charge in [0.25, 0.3) is 0 Å². The summed E-state index contributed by atoms with van der Waals surface area (Å²) < 4.78 is 9.50. The van der Waals surface area contributed by atoms with E-state index in [0.717, 1.165) is 5.92 Å². The van der Waals surface area contributed by atoms with Crippen molar-refractivity contribution in [3.63, 3.8) is 0 Å². The van der Waals surface area contributed by atoms with Crippen molar-refractivity contribution in [1.29, 1.82) is 0 Å². The highest BCUT2D eigenvalue weighted by molar-refractivity contribution is 4.51. The second-order valence-corrected chi connectivity index (χ2v) is 2.47. The Morgan fingerprint density at radius 3 is 1.50 bits per heavy atom. The van der Waals surface area contributed by atoms with Crippen LogP contribution in [0.2, 0.25) is 0 Å². The van der Waals surface area contributed by atoms with E-state index in [1.165, 1.54) is 25.7 Å². The molecule has 0 aromatic carbocycles. The fraction of sp³-hybridized carbons (Fsp3) is 1.00. The SMILES string of the molecule is CCCC(CC)CC.CF. The van der Waals surface area contributed by atoms with Crippen LogP contribution in [0.3, 0.4) is 0 Å². The summed E-state index contributed by atoms with van der Waals surface area (Å²) in [6.45, 7) is 6.83. The third-order valence-corrected chi connectivity index (χ3v) is 1.85. The molecular weight excluding hydrogens is 127 g/mol. The Kier molecular flexibility index (Phi) is 14.7. The van der Waals surface area contributed by atoms with E-state index in [1.807, 2.05) is 0 Å². The molecular formula is C9H21F. The average Bonchev–Trinajstić information content (AvgIpc) is 2.04. The molecule has 0 aliphatic carbocycles. The standard InChI is InChI=1S/C8H18.CH3F/c1-4-7-8(5-2)6-3;1-2/h8H,4-7H2,1-3H3;1H3. The number of halogens is 1. The Balaban J connectivity index is 0. The van der Waals surface area contributed by atoms with Crippen LogP contribution in [-0.4, -0.2) is 7.18 Å². The third kappa shape index (κ3) is 7.93. The van der Waals surface area contributed by atoms with Crippen LogP contribution in [0.4, 0.5) is 4.39 Å². The summed E-state index contributed by atoms with van der Waals surface area (Å²) in [6, 6.07) is 0. The van der Waals surface area contributed by atoms with Gasteiger partial charge in [0.2, 0.25) is 0 Å². The van der Waals surface area contributed by atoms with Crippen molar-refractivity contribution in [2.75, 3.05) is 7.18 Å². The first-order valence-corrected chi connectivity index (χ1v) is 4.22. The lowest BCUT2D eigenvalue weighted by atomic mass is 9.98. The van der Waals surface area contributed by atoms with Crippen molar-refractivity contribution in [3.05, 3.63) is 0 Å². The predicted molar refractivity (Wildman–Crippen MR) is 46.0 cm³/mol. The van der Waals surface area contributed by atoms with E-state index >= 15 is 0 Å². The lowest BCUT2D eigenvalue weighted by Crippen LogP contribution is -1.94. The van der Waals surface area contributed by atoms with Crippen LogP contribution in [-0.2, 0) is 0 Å². The topological polar surface area (TPSA) is 0 Å². The van der Waals surface area contributed by atoms with E-state index in [1.54, 1.807) is 0 Å². The molecule has 0 unspecified atom stereocenters. The van der Waals surface area contributed by atoms with Crippen molar-refractivity contribution >= 4 is 0 Å². The molecule has 0 aliphatic heterocycles. The maximum absolute atomic E-state index is 9.50. The van der Waals surface area contributed by atoms with Gasteiger partial charge in [0.15, 0.2) is 0 Å². The molecule has 0 spiro atoms. The van der Waals surface area contributed by atoms with Gasteiger partial charge in [0.1, 0.15) is 0 Å². The first kappa shape index (κ1) is 12.6. The van der Waals surface area contributed by atoms with Crippen molar-refractivity contribution in [2.24, 2.45) is 5.92 Å². The summed E-state index contributed by atoms with van der Waals surface area (Å²) in [4.78, 5) is 0. The molecule has 0 saturated carbocycles. The Morgan fingerprint density at radius 2 is 1.40 bits per heavy atom. The van der Waals surface area contributed by atoms with Crippen LogP contribution in [0.1, 0.15) is 46.5 Å². The zero-order valence-electron chi connectivity index (χ0n) is 7.78. The van der Waals surface area contributed by atoms with E-state index < -0.39 is 0 Å². The van der Waals surface area contributed by atoms with Crippen LogP contribution < -0.4 is 0 Å². The molecule has 0 amide bonds. The molecule has 0 radical (unpaired) electrons. The fourth-order valence-electron chi connectivity index (χ4n) is 1.11. The minimum absolute atomic E-state index is 0.500. The molecule has 0 atom stereocenters. The molecule has 0 N–H and O–H groups in total. The second-order valence-electron chi connectivity index (χ2n) is 2.47. The Hall–Kier alpha value is -0.0700. The lowest BCUT2D eigenvalue weighted by Gasteiger charge is -2.08. The smallest absolute Gasteiger partial charge is 0.0785 e. The van der Waals surface area contributed by atoms with E-state index in [0.29, 0.717) is 7.18 Å². The minimum atomic E-state index is 0.500.